The summed E-state index contributed by atoms with van der Waals surface area (Å²) in [6.45, 7) is 9.01. The van der Waals surface area contributed by atoms with Crippen LogP contribution < -0.4 is 5.32 Å². The van der Waals surface area contributed by atoms with Crippen LogP contribution in [0.15, 0.2) is 12.2 Å². The summed E-state index contributed by atoms with van der Waals surface area (Å²) in [5.74, 6) is 0. The Hall–Kier alpha value is -0.480. The highest BCUT2D eigenvalue weighted by atomic mass is 19.3. The second-order valence-corrected chi connectivity index (χ2v) is 4.21. The predicted molar refractivity (Wildman–Crippen MR) is 67.6 cm³/mol. The molecule has 102 valence electrons. The molecule has 0 aliphatic carbocycles. The molecular weight excluding hydrogens is 224 g/mol. The zero-order valence-electron chi connectivity index (χ0n) is 11.0. The van der Waals surface area contributed by atoms with E-state index in [2.05, 4.69) is 25.7 Å². The molecule has 1 atom stereocenters. The molecule has 1 N–H and O–H groups in total. The van der Waals surface area contributed by atoms with Crippen LogP contribution in [0.1, 0.15) is 39.5 Å². The molecule has 0 saturated carbocycles. The fourth-order valence-corrected chi connectivity index (χ4v) is 1.52. The Morgan fingerprint density at radius 1 is 1.35 bits per heavy atom. The maximum Gasteiger partial charge on any atom is 0.261 e. The van der Waals surface area contributed by atoms with Crippen LogP contribution in [0.3, 0.4) is 0 Å². The van der Waals surface area contributed by atoms with E-state index in [4.69, 9.17) is 4.74 Å². The minimum atomic E-state index is -2.37. The molecule has 0 bridgehead atoms. The lowest BCUT2D eigenvalue weighted by molar-refractivity contribution is 0.0144. The lowest BCUT2D eigenvalue weighted by atomic mass is 10.0. The molecule has 0 aromatic rings. The molecular formula is C13H25F2NO. The van der Waals surface area contributed by atoms with E-state index in [9.17, 15) is 8.78 Å². The number of alkyl halides is 2. The van der Waals surface area contributed by atoms with Crippen LogP contribution in [-0.2, 0) is 4.74 Å². The van der Waals surface area contributed by atoms with Gasteiger partial charge in [-0.3, -0.25) is 0 Å². The van der Waals surface area contributed by atoms with Gasteiger partial charge in [0.15, 0.2) is 0 Å². The van der Waals surface area contributed by atoms with Crippen LogP contribution in [0.5, 0.6) is 0 Å². The van der Waals surface area contributed by atoms with Crippen molar-refractivity contribution in [2.24, 2.45) is 0 Å². The number of ether oxygens (including phenoxy) is 1. The van der Waals surface area contributed by atoms with Gasteiger partial charge < -0.3 is 10.1 Å². The van der Waals surface area contributed by atoms with Gasteiger partial charge in [-0.1, -0.05) is 26.0 Å². The second kappa shape index (κ2) is 10.7. The summed E-state index contributed by atoms with van der Waals surface area (Å²) in [5.41, 5.74) is 1.19. The highest BCUT2D eigenvalue weighted by Crippen LogP contribution is 2.10. The summed E-state index contributed by atoms with van der Waals surface area (Å²) >= 11 is 0. The first-order chi connectivity index (χ1) is 8.10. The Bertz CT molecular complexity index is 198. The largest absolute Gasteiger partial charge is 0.375 e. The number of rotatable bonds is 11. The molecule has 0 rings (SSSR count). The fourth-order valence-electron chi connectivity index (χ4n) is 1.52. The highest BCUT2D eigenvalue weighted by Gasteiger charge is 2.09. The predicted octanol–water partition coefficient (Wildman–Crippen LogP) is 3.38. The standard InChI is InChI=1S/C13H25F2NO/c1-4-7-16-12(9-11(3)5-2)6-8-17-10-13(14)15/h12-13,16H,3-10H2,1-2H3. The van der Waals surface area contributed by atoms with Crippen LogP contribution in [0.2, 0.25) is 0 Å². The first-order valence-corrected chi connectivity index (χ1v) is 6.36. The molecule has 0 saturated heterocycles. The molecule has 17 heavy (non-hydrogen) atoms. The lowest BCUT2D eigenvalue weighted by Crippen LogP contribution is -2.31. The Kier molecular flexibility index (Phi) is 10.4. The van der Waals surface area contributed by atoms with Crippen LogP contribution in [-0.4, -0.2) is 32.2 Å². The molecule has 2 nitrogen and oxygen atoms in total. The van der Waals surface area contributed by atoms with Gasteiger partial charge in [-0.15, -0.1) is 0 Å². The van der Waals surface area contributed by atoms with Gasteiger partial charge in [0.2, 0.25) is 0 Å². The summed E-state index contributed by atoms with van der Waals surface area (Å²) in [4.78, 5) is 0. The van der Waals surface area contributed by atoms with Crippen molar-refractivity contribution < 1.29 is 13.5 Å². The maximum absolute atomic E-state index is 11.9. The van der Waals surface area contributed by atoms with E-state index in [1.54, 1.807) is 0 Å². The average molecular weight is 249 g/mol. The maximum atomic E-state index is 11.9. The zero-order valence-corrected chi connectivity index (χ0v) is 11.0. The minimum Gasteiger partial charge on any atom is -0.375 e. The van der Waals surface area contributed by atoms with Gasteiger partial charge in [0.1, 0.15) is 6.61 Å². The SMILES string of the molecule is C=C(CC)CC(CCOCC(F)F)NCCC. The first-order valence-electron chi connectivity index (χ1n) is 6.36. The van der Waals surface area contributed by atoms with Crippen molar-refractivity contribution in [3.63, 3.8) is 0 Å². The van der Waals surface area contributed by atoms with Crippen molar-refractivity contribution in [2.75, 3.05) is 19.8 Å². The second-order valence-electron chi connectivity index (χ2n) is 4.21. The minimum absolute atomic E-state index is 0.292. The summed E-state index contributed by atoms with van der Waals surface area (Å²) in [6.07, 6.45) is 1.30. The summed E-state index contributed by atoms with van der Waals surface area (Å²) < 4.78 is 28.6. The molecule has 0 aliphatic rings. The van der Waals surface area contributed by atoms with Crippen molar-refractivity contribution >= 4 is 0 Å². The van der Waals surface area contributed by atoms with E-state index in [1.807, 2.05) is 0 Å². The topological polar surface area (TPSA) is 21.3 Å². The quantitative estimate of drug-likeness (QED) is 0.448. The van der Waals surface area contributed by atoms with E-state index in [-0.39, 0.29) is 0 Å². The number of halogens is 2. The third kappa shape index (κ3) is 10.4. The molecule has 0 aromatic heterocycles. The van der Waals surface area contributed by atoms with Crippen molar-refractivity contribution in [3.05, 3.63) is 12.2 Å². The third-order valence-electron chi connectivity index (χ3n) is 2.57. The van der Waals surface area contributed by atoms with E-state index in [1.165, 1.54) is 5.57 Å². The summed E-state index contributed by atoms with van der Waals surface area (Å²) in [6, 6.07) is 0.292. The van der Waals surface area contributed by atoms with Crippen molar-refractivity contribution in [3.8, 4) is 0 Å². The van der Waals surface area contributed by atoms with Gasteiger partial charge in [0.25, 0.3) is 6.43 Å². The van der Waals surface area contributed by atoms with Crippen molar-refractivity contribution in [2.45, 2.75) is 52.0 Å². The zero-order chi connectivity index (χ0) is 13.1. The third-order valence-corrected chi connectivity index (χ3v) is 2.57. The van der Waals surface area contributed by atoms with Gasteiger partial charge >= 0.3 is 0 Å². The molecule has 1 unspecified atom stereocenters. The molecule has 0 radical (unpaired) electrons. The fraction of sp³-hybridized carbons (Fsp3) is 0.846. The molecule has 4 heteroatoms. The van der Waals surface area contributed by atoms with E-state index < -0.39 is 13.0 Å². The lowest BCUT2D eigenvalue weighted by Gasteiger charge is -2.19. The van der Waals surface area contributed by atoms with Gasteiger partial charge in [0, 0.05) is 12.6 Å². The Labute approximate surface area is 103 Å². The van der Waals surface area contributed by atoms with Gasteiger partial charge in [-0.25, -0.2) is 8.78 Å². The van der Waals surface area contributed by atoms with Gasteiger partial charge in [0.05, 0.1) is 0 Å². The van der Waals surface area contributed by atoms with Crippen LogP contribution in [0.25, 0.3) is 0 Å². The molecule has 0 aliphatic heterocycles. The number of hydrogen-bond donors (Lipinski definition) is 1. The van der Waals surface area contributed by atoms with Crippen LogP contribution >= 0.6 is 0 Å². The summed E-state index contributed by atoms with van der Waals surface area (Å²) in [5, 5.41) is 3.39. The van der Waals surface area contributed by atoms with E-state index in [0.29, 0.717) is 12.6 Å². The highest BCUT2D eigenvalue weighted by molar-refractivity contribution is 4.96. The van der Waals surface area contributed by atoms with Crippen LogP contribution in [0, 0.1) is 0 Å². The first kappa shape index (κ1) is 16.5. The van der Waals surface area contributed by atoms with Crippen molar-refractivity contribution in [1.29, 1.82) is 0 Å². The van der Waals surface area contributed by atoms with Crippen molar-refractivity contribution in [1.82, 2.24) is 5.32 Å². The Balaban J connectivity index is 3.80. The smallest absolute Gasteiger partial charge is 0.261 e. The van der Waals surface area contributed by atoms with Crippen LogP contribution in [0.4, 0.5) is 8.78 Å². The summed E-state index contributed by atoms with van der Waals surface area (Å²) in [7, 11) is 0. The Morgan fingerprint density at radius 2 is 2.06 bits per heavy atom. The van der Waals surface area contributed by atoms with Gasteiger partial charge in [-0.2, -0.15) is 0 Å². The normalized spacial score (nSPS) is 13.0. The van der Waals surface area contributed by atoms with Gasteiger partial charge in [-0.05, 0) is 32.2 Å². The molecule has 0 fully saturated rings. The molecule has 0 amide bonds. The molecule has 0 spiro atoms. The molecule has 0 heterocycles. The number of nitrogens with one attached hydrogen (secondary N) is 1. The monoisotopic (exact) mass is 249 g/mol. The van der Waals surface area contributed by atoms with E-state index >= 15 is 0 Å². The number of hydrogen-bond acceptors (Lipinski definition) is 2. The average Bonchev–Trinajstić information content (AvgIpc) is 2.30. The molecule has 0 aromatic carbocycles. The van der Waals surface area contributed by atoms with E-state index in [0.717, 1.165) is 32.2 Å². The Morgan fingerprint density at radius 3 is 2.59 bits per heavy atom.